The van der Waals surface area contributed by atoms with Gasteiger partial charge in [0.1, 0.15) is 9.88 Å². The molecule has 0 bridgehead atoms. The fourth-order valence-electron chi connectivity index (χ4n) is 2.74. The van der Waals surface area contributed by atoms with Crippen molar-refractivity contribution in [2.24, 2.45) is 4.99 Å². The first-order valence-electron chi connectivity index (χ1n) is 9.84. The molecule has 0 aliphatic carbocycles. The van der Waals surface area contributed by atoms with Crippen LogP contribution in [0, 0.1) is 6.92 Å². The van der Waals surface area contributed by atoms with Gasteiger partial charge in [-0.1, -0.05) is 6.07 Å². The van der Waals surface area contributed by atoms with Crippen molar-refractivity contribution in [1.82, 2.24) is 15.6 Å². The van der Waals surface area contributed by atoms with Gasteiger partial charge in [-0.2, -0.15) is 0 Å². The lowest BCUT2D eigenvalue weighted by molar-refractivity contribution is 0.0531. The van der Waals surface area contributed by atoms with Gasteiger partial charge in [-0.05, 0) is 45.4 Å². The van der Waals surface area contributed by atoms with Gasteiger partial charge in [-0.3, -0.25) is 4.99 Å². The van der Waals surface area contributed by atoms with E-state index in [-0.39, 0.29) is 36.0 Å². The standard InChI is InChI=1S/C21H30N4O4S.HI/c1-7-28-17-11-15(9-10-16(17)27-6)12-23-21(22-5)25-14(4)19-24-13(3)18(30-19)20(26)29-8-2;/h9-11,14H,7-8,12H2,1-6H3,(H2,22,23,25);1H. The number of aryl methyl sites for hydroxylation is 1. The van der Waals surface area contributed by atoms with Crippen molar-refractivity contribution >= 4 is 47.2 Å². The molecule has 10 heteroatoms. The van der Waals surface area contributed by atoms with Crippen molar-refractivity contribution in [2.45, 2.75) is 40.3 Å². The van der Waals surface area contributed by atoms with Crippen LogP contribution in [0.1, 0.15) is 52.7 Å². The number of nitrogens with one attached hydrogen (secondary N) is 2. The van der Waals surface area contributed by atoms with Gasteiger partial charge in [0.25, 0.3) is 0 Å². The van der Waals surface area contributed by atoms with E-state index in [2.05, 4.69) is 20.6 Å². The van der Waals surface area contributed by atoms with Gasteiger partial charge < -0.3 is 24.8 Å². The average molecular weight is 562 g/mol. The zero-order valence-corrected chi connectivity index (χ0v) is 21.9. The minimum atomic E-state index is -0.335. The summed E-state index contributed by atoms with van der Waals surface area (Å²) in [7, 11) is 3.33. The van der Waals surface area contributed by atoms with E-state index < -0.39 is 0 Å². The third-order valence-corrected chi connectivity index (χ3v) is 5.53. The smallest absolute Gasteiger partial charge is 0.350 e. The normalized spacial score (nSPS) is 11.9. The van der Waals surface area contributed by atoms with Crippen LogP contribution >= 0.6 is 35.3 Å². The maximum atomic E-state index is 12.0. The Balaban J connectivity index is 0.00000480. The highest BCUT2D eigenvalue weighted by atomic mass is 127. The summed E-state index contributed by atoms with van der Waals surface area (Å²) in [5.74, 6) is 1.70. The number of hydrogen-bond donors (Lipinski definition) is 2. The van der Waals surface area contributed by atoms with Crippen LogP contribution < -0.4 is 20.1 Å². The molecule has 0 amide bonds. The van der Waals surface area contributed by atoms with Crippen LogP contribution in [0.5, 0.6) is 11.5 Å². The highest BCUT2D eigenvalue weighted by Gasteiger charge is 2.20. The highest BCUT2D eigenvalue weighted by molar-refractivity contribution is 14.0. The molecule has 1 heterocycles. The molecule has 0 saturated heterocycles. The Labute approximate surface area is 204 Å². The first-order valence-corrected chi connectivity index (χ1v) is 10.7. The summed E-state index contributed by atoms with van der Waals surface area (Å²) < 4.78 is 16.0. The minimum absolute atomic E-state index is 0. The van der Waals surface area contributed by atoms with Crippen molar-refractivity contribution in [1.29, 1.82) is 0 Å². The number of benzene rings is 1. The number of nitrogens with zero attached hydrogens (tertiary/aromatic N) is 2. The van der Waals surface area contributed by atoms with Gasteiger partial charge in [0.05, 0.1) is 32.1 Å². The first-order chi connectivity index (χ1) is 14.4. The summed E-state index contributed by atoms with van der Waals surface area (Å²) in [6.07, 6.45) is 0. The lowest BCUT2D eigenvalue weighted by atomic mass is 10.2. The molecule has 172 valence electrons. The topological polar surface area (TPSA) is 94.1 Å². The van der Waals surface area contributed by atoms with Crippen molar-refractivity contribution in [3.05, 3.63) is 39.3 Å². The summed E-state index contributed by atoms with van der Waals surface area (Å²) >= 11 is 1.33. The number of hydrogen-bond acceptors (Lipinski definition) is 7. The van der Waals surface area contributed by atoms with E-state index >= 15 is 0 Å². The summed E-state index contributed by atoms with van der Waals surface area (Å²) in [4.78, 5) is 21.4. The van der Waals surface area contributed by atoms with Crippen LogP contribution in [0.3, 0.4) is 0 Å². The predicted octanol–water partition coefficient (Wildman–Crippen LogP) is 4.08. The molecule has 1 aromatic heterocycles. The maximum absolute atomic E-state index is 12.0. The second kappa shape index (κ2) is 13.4. The van der Waals surface area contributed by atoms with E-state index in [1.165, 1.54) is 11.3 Å². The number of guanidine groups is 1. The highest BCUT2D eigenvalue weighted by Crippen LogP contribution is 2.28. The Morgan fingerprint density at radius 1 is 1.26 bits per heavy atom. The molecular formula is C21H31IN4O4S. The Morgan fingerprint density at radius 2 is 2.00 bits per heavy atom. The molecule has 0 aliphatic rings. The Bertz CT molecular complexity index is 888. The molecule has 2 N–H and O–H groups in total. The molecule has 2 aromatic rings. The maximum Gasteiger partial charge on any atom is 0.350 e. The Kier molecular flexibility index (Phi) is 11.6. The lowest BCUT2D eigenvalue weighted by Crippen LogP contribution is -2.38. The van der Waals surface area contributed by atoms with E-state index in [1.807, 2.05) is 39.0 Å². The molecule has 0 aliphatic heterocycles. The van der Waals surface area contributed by atoms with E-state index in [4.69, 9.17) is 14.2 Å². The van der Waals surface area contributed by atoms with E-state index in [1.54, 1.807) is 21.1 Å². The molecule has 1 aromatic carbocycles. The van der Waals surface area contributed by atoms with E-state index in [0.717, 1.165) is 10.6 Å². The van der Waals surface area contributed by atoms with Crippen LogP contribution in [-0.4, -0.2) is 44.3 Å². The Hall–Kier alpha value is -2.08. The van der Waals surface area contributed by atoms with Crippen molar-refractivity contribution < 1.29 is 19.0 Å². The number of thiazole rings is 1. The predicted molar refractivity (Wildman–Crippen MR) is 134 cm³/mol. The van der Waals surface area contributed by atoms with Crippen LogP contribution in [0.25, 0.3) is 0 Å². The van der Waals surface area contributed by atoms with E-state index in [9.17, 15) is 4.79 Å². The van der Waals surface area contributed by atoms with Gasteiger partial charge in [-0.15, -0.1) is 35.3 Å². The molecule has 0 saturated carbocycles. The number of aromatic nitrogens is 1. The molecule has 2 rings (SSSR count). The van der Waals surface area contributed by atoms with Crippen LogP contribution in [-0.2, 0) is 11.3 Å². The second-order valence-electron chi connectivity index (χ2n) is 6.40. The number of methoxy groups -OCH3 is 1. The number of carbonyl (C=O) groups excluding carboxylic acids is 1. The third-order valence-electron chi connectivity index (χ3n) is 4.21. The molecule has 0 radical (unpaired) electrons. The fourth-order valence-corrected chi connectivity index (χ4v) is 3.70. The number of halogens is 1. The number of rotatable bonds is 9. The van der Waals surface area contributed by atoms with Crippen LogP contribution in [0.4, 0.5) is 0 Å². The lowest BCUT2D eigenvalue weighted by Gasteiger charge is -2.17. The van der Waals surface area contributed by atoms with Crippen LogP contribution in [0.15, 0.2) is 23.2 Å². The van der Waals surface area contributed by atoms with Gasteiger partial charge >= 0.3 is 5.97 Å². The SMILES string of the molecule is CCOC(=O)c1sc(C(C)NC(=NC)NCc2ccc(OC)c(OCC)c2)nc1C.I. The third kappa shape index (κ3) is 7.53. The quantitative estimate of drug-likeness (QED) is 0.206. The summed E-state index contributed by atoms with van der Waals surface area (Å²) in [6, 6.07) is 5.68. The van der Waals surface area contributed by atoms with E-state index in [0.29, 0.717) is 47.8 Å². The minimum Gasteiger partial charge on any atom is -0.493 e. The number of aliphatic imine (C=N–C) groups is 1. The first kappa shape index (κ1) is 27.0. The number of carbonyl (C=O) groups is 1. The molecule has 1 atom stereocenters. The second-order valence-corrected chi connectivity index (χ2v) is 7.43. The Morgan fingerprint density at radius 3 is 2.61 bits per heavy atom. The zero-order chi connectivity index (χ0) is 22.1. The fraction of sp³-hybridized carbons (Fsp3) is 0.476. The molecular weight excluding hydrogens is 531 g/mol. The molecule has 31 heavy (non-hydrogen) atoms. The van der Waals surface area contributed by atoms with Crippen LogP contribution in [0.2, 0.25) is 0 Å². The summed E-state index contributed by atoms with van der Waals surface area (Å²) in [5.41, 5.74) is 1.70. The number of ether oxygens (including phenoxy) is 3. The van der Waals surface area contributed by atoms with Gasteiger partial charge in [0.15, 0.2) is 17.5 Å². The average Bonchev–Trinajstić information content (AvgIpc) is 3.13. The molecule has 0 spiro atoms. The molecule has 1 unspecified atom stereocenters. The van der Waals surface area contributed by atoms with Gasteiger partial charge in [-0.25, -0.2) is 9.78 Å². The van der Waals surface area contributed by atoms with Crippen molar-refractivity contribution in [3.63, 3.8) is 0 Å². The van der Waals surface area contributed by atoms with Gasteiger partial charge in [0.2, 0.25) is 0 Å². The molecule has 8 nitrogen and oxygen atoms in total. The summed E-state index contributed by atoms with van der Waals surface area (Å²) in [5, 5.41) is 7.38. The summed E-state index contributed by atoms with van der Waals surface area (Å²) in [6.45, 7) is 8.97. The number of esters is 1. The largest absolute Gasteiger partial charge is 0.493 e. The van der Waals surface area contributed by atoms with Crippen molar-refractivity contribution in [2.75, 3.05) is 27.4 Å². The van der Waals surface area contributed by atoms with Crippen molar-refractivity contribution in [3.8, 4) is 11.5 Å². The van der Waals surface area contributed by atoms with Gasteiger partial charge in [0, 0.05) is 13.6 Å². The monoisotopic (exact) mass is 562 g/mol. The molecule has 0 fully saturated rings. The zero-order valence-electron chi connectivity index (χ0n) is 18.8.